The highest BCUT2D eigenvalue weighted by molar-refractivity contribution is 6.21. The molecule has 0 spiro atoms. The van der Waals surface area contributed by atoms with Crippen LogP contribution in [0.5, 0.6) is 0 Å². The molecule has 0 unspecified atom stereocenters. The Morgan fingerprint density at radius 2 is 0.900 bits per heavy atom. The monoisotopic (exact) mass is 521 g/mol. The Labute approximate surface area is 254 Å². The SMILES string of the molecule is [2H]c1c([2H])c([2H])c2c([2H])c(-c3c4c([2H])c([2H])c([2H])c([2H])c4c(-c4ccc(-c5cccc6ccccc56)cc4)c4c([2H])c([2H])c([2H])c([2H])c34)c([2H])c([2H])c2c1[2H]. The van der Waals surface area contributed by atoms with Crippen LogP contribution in [0.25, 0.3) is 76.5 Å². The van der Waals surface area contributed by atoms with E-state index in [4.69, 9.17) is 12.3 Å². The number of rotatable bonds is 3. The molecule has 0 aliphatic carbocycles. The van der Waals surface area contributed by atoms with Crippen molar-refractivity contribution in [1.29, 1.82) is 0 Å². The van der Waals surface area contributed by atoms with Crippen LogP contribution in [0.4, 0.5) is 0 Å². The Morgan fingerprint density at radius 1 is 0.350 bits per heavy atom. The zero-order chi connectivity index (χ0) is 39.5. The summed E-state index contributed by atoms with van der Waals surface area (Å²) in [5, 5.41) is 0.326. The summed E-state index contributed by atoms with van der Waals surface area (Å²) in [6, 6.07) is 11.0. The van der Waals surface area contributed by atoms with Crippen LogP contribution < -0.4 is 0 Å². The van der Waals surface area contributed by atoms with Crippen molar-refractivity contribution in [3.8, 4) is 33.4 Å². The molecule has 0 aromatic heterocycles. The highest BCUT2D eigenvalue weighted by Crippen LogP contribution is 2.44. The average molecular weight is 522 g/mol. The molecule has 8 rings (SSSR count). The van der Waals surface area contributed by atoms with Crippen molar-refractivity contribution in [3.63, 3.8) is 0 Å². The van der Waals surface area contributed by atoms with Gasteiger partial charge in [-0.05, 0) is 82.5 Å². The first kappa shape index (κ1) is 12.3. The van der Waals surface area contributed by atoms with Gasteiger partial charge in [0, 0.05) is 0 Å². The van der Waals surface area contributed by atoms with Gasteiger partial charge in [0.05, 0.1) is 20.6 Å². The van der Waals surface area contributed by atoms with Crippen molar-refractivity contribution in [1.82, 2.24) is 0 Å². The molecule has 0 fully saturated rings. The maximum atomic E-state index is 9.36. The fraction of sp³-hybridized carbons (Fsp3) is 0. The van der Waals surface area contributed by atoms with Crippen LogP contribution in [-0.4, -0.2) is 0 Å². The Hall–Kier alpha value is -5.20. The molecule has 0 N–H and O–H groups in total. The molecule has 0 aliphatic rings. The van der Waals surface area contributed by atoms with Gasteiger partial charge in [-0.1, -0.05) is 151 Å². The molecular formula is C40H26. The van der Waals surface area contributed by atoms with E-state index < -0.39 is 107 Å². The van der Waals surface area contributed by atoms with Gasteiger partial charge in [-0.2, -0.15) is 0 Å². The van der Waals surface area contributed by atoms with Gasteiger partial charge < -0.3 is 0 Å². The lowest BCUT2D eigenvalue weighted by Gasteiger charge is -2.18. The fourth-order valence-electron chi connectivity index (χ4n) is 5.36. The fourth-order valence-corrected chi connectivity index (χ4v) is 5.36. The van der Waals surface area contributed by atoms with Crippen molar-refractivity contribution in [2.75, 3.05) is 0 Å². The zero-order valence-electron chi connectivity index (χ0n) is 35.9. The molecule has 0 heterocycles. The van der Waals surface area contributed by atoms with Crippen LogP contribution in [-0.2, 0) is 0 Å². The topological polar surface area (TPSA) is 0 Å². The predicted molar refractivity (Wildman–Crippen MR) is 173 cm³/mol. The van der Waals surface area contributed by atoms with E-state index in [1.165, 1.54) is 0 Å². The molecule has 186 valence electrons. The molecule has 40 heavy (non-hydrogen) atoms. The second kappa shape index (κ2) is 9.22. The van der Waals surface area contributed by atoms with E-state index in [9.17, 15) is 8.22 Å². The maximum absolute atomic E-state index is 9.36. The molecule has 0 saturated heterocycles. The van der Waals surface area contributed by atoms with Gasteiger partial charge >= 0.3 is 0 Å². The summed E-state index contributed by atoms with van der Waals surface area (Å²) in [4.78, 5) is 0. The molecule has 0 bridgehead atoms. The Balaban J connectivity index is 1.60. The van der Waals surface area contributed by atoms with E-state index >= 15 is 0 Å². The highest BCUT2D eigenvalue weighted by atomic mass is 14.2. The quantitative estimate of drug-likeness (QED) is 0.203. The van der Waals surface area contributed by atoms with Crippen molar-refractivity contribution in [2.24, 2.45) is 0 Å². The normalized spacial score (nSPS) is 16.8. The lowest BCUT2D eigenvalue weighted by Crippen LogP contribution is -1.91. The van der Waals surface area contributed by atoms with Crippen LogP contribution >= 0.6 is 0 Å². The van der Waals surface area contributed by atoms with Crippen LogP contribution in [0, 0.1) is 0 Å². The van der Waals surface area contributed by atoms with Crippen LogP contribution in [0.1, 0.15) is 20.6 Å². The second-order valence-electron chi connectivity index (χ2n) is 9.35. The van der Waals surface area contributed by atoms with Gasteiger partial charge in [0.1, 0.15) is 0 Å². The lowest BCUT2D eigenvalue weighted by atomic mass is 9.85. The number of hydrogen-bond donors (Lipinski definition) is 0. The Morgan fingerprint density at radius 3 is 1.60 bits per heavy atom. The van der Waals surface area contributed by atoms with E-state index in [-0.39, 0.29) is 32.7 Å². The Bertz CT molecular complexity index is 2940. The van der Waals surface area contributed by atoms with Gasteiger partial charge in [-0.25, -0.2) is 0 Å². The van der Waals surface area contributed by atoms with Crippen molar-refractivity contribution >= 4 is 43.1 Å². The molecule has 0 saturated carbocycles. The summed E-state index contributed by atoms with van der Waals surface area (Å²) in [5.41, 5.74) is 1.32. The highest BCUT2D eigenvalue weighted by Gasteiger charge is 2.17. The minimum atomic E-state index is -0.725. The summed E-state index contributed by atoms with van der Waals surface area (Å²) in [5.74, 6) is 0. The number of fused-ring (bicyclic) bond motifs is 4. The van der Waals surface area contributed by atoms with Gasteiger partial charge in [0.25, 0.3) is 0 Å². The molecule has 0 amide bonds. The summed E-state index contributed by atoms with van der Waals surface area (Å²) < 4.78 is 133. The van der Waals surface area contributed by atoms with Crippen molar-refractivity contribution in [3.05, 3.63) is 157 Å². The van der Waals surface area contributed by atoms with Gasteiger partial charge in [0.2, 0.25) is 0 Å². The van der Waals surface area contributed by atoms with Crippen molar-refractivity contribution < 1.29 is 20.6 Å². The first-order valence-electron chi connectivity index (χ1n) is 20.1. The molecule has 0 radical (unpaired) electrons. The van der Waals surface area contributed by atoms with Gasteiger partial charge in [-0.3, -0.25) is 0 Å². The predicted octanol–water partition coefficient (Wildman–Crippen LogP) is 11.3. The Kier molecular flexibility index (Phi) is 2.84. The molecule has 8 aromatic rings. The first-order valence-corrected chi connectivity index (χ1v) is 12.6. The molecular weight excluding hydrogens is 480 g/mol. The van der Waals surface area contributed by atoms with Crippen LogP contribution in [0.3, 0.4) is 0 Å². The largest absolute Gasteiger partial charge is 0.0636 e. The van der Waals surface area contributed by atoms with Crippen LogP contribution in [0.2, 0.25) is 0 Å². The van der Waals surface area contributed by atoms with Gasteiger partial charge in [0.15, 0.2) is 0 Å². The molecule has 0 aliphatic heterocycles. The summed E-state index contributed by atoms with van der Waals surface area (Å²) in [6.07, 6.45) is 0. The third kappa shape index (κ3) is 3.61. The van der Waals surface area contributed by atoms with Crippen molar-refractivity contribution in [2.45, 2.75) is 0 Å². The maximum Gasteiger partial charge on any atom is 0.0636 e. The van der Waals surface area contributed by atoms with E-state index in [1.54, 1.807) is 12.1 Å². The van der Waals surface area contributed by atoms with E-state index in [2.05, 4.69) is 0 Å². The average Bonchev–Trinajstić information content (AvgIpc) is 3.19. The third-order valence-electron chi connectivity index (χ3n) is 7.15. The summed E-state index contributed by atoms with van der Waals surface area (Å²) >= 11 is 0. The number of benzene rings is 8. The van der Waals surface area contributed by atoms with Gasteiger partial charge in [-0.15, -0.1) is 0 Å². The lowest BCUT2D eigenvalue weighted by molar-refractivity contribution is 1.63. The molecule has 0 heteroatoms. The third-order valence-corrected chi connectivity index (χ3v) is 7.15. The van der Waals surface area contributed by atoms with E-state index in [0.29, 0.717) is 5.56 Å². The summed E-state index contributed by atoms with van der Waals surface area (Å²) in [7, 11) is 0. The van der Waals surface area contributed by atoms with E-state index in [0.717, 1.165) is 21.9 Å². The minimum Gasteiger partial charge on any atom is -0.0616 e. The zero-order valence-corrected chi connectivity index (χ0v) is 20.9. The smallest absolute Gasteiger partial charge is 0.0616 e. The molecule has 8 aromatic carbocycles. The molecule has 0 nitrogen and oxygen atoms in total. The second-order valence-corrected chi connectivity index (χ2v) is 9.35. The molecule has 0 atom stereocenters. The number of hydrogen-bond acceptors (Lipinski definition) is 0. The first-order chi connectivity index (χ1) is 26.1. The minimum absolute atomic E-state index is 0.0593. The summed E-state index contributed by atoms with van der Waals surface area (Å²) in [6.45, 7) is 0. The van der Waals surface area contributed by atoms with E-state index in [1.807, 2.05) is 54.6 Å². The van der Waals surface area contributed by atoms with Crippen LogP contribution in [0.15, 0.2) is 157 Å². The standard InChI is InChI=1S/C40H26/c1-2-12-31-26-32(25-20-27(31)10-1)40-37-17-7-5-15-35(37)39(36-16-6-8-18-38(36)40)30-23-21-29(22-24-30)34-19-9-13-28-11-3-4-14-33(28)34/h1-26H/i1D,2D,5D,6D,7D,8D,10D,12D,15D,16D,17D,18D,20D,25D,26D.